The minimum atomic E-state index is -0.779. The molecule has 0 radical (unpaired) electrons. The Kier molecular flexibility index (Phi) is 4.29. The first kappa shape index (κ1) is 12.2. The van der Waals surface area contributed by atoms with Gasteiger partial charge in [0.25, 0.3) is 0 Å². The van der Waals surface area contributed by atoms with E-state index in [1.54, 1.807) is 11.3 Å². The first-order valence-corrected chi connectivity index (χ1v) is 5.89. The number of hydrogen-bond acceptors (Lipinski definition) is 3. The Morgan fingerprint density at radius 2 is 2.27 bits per heavy atom. The molecule has 0 fully saturated rings. The predicted octanol–water partition coefficient (Wildman–Crippen LogP) is 2.26. The maximum atomic E-state index is 10.9. The lowest BCUT2D eigenvalue weighted by molar-refractivity contribution is -0.140. The molecule has 0 saturated heterocycles. The fourth-order valence-electron chi connectivity index (χ4n) is 1.40. The van der Waals surface area contributed by atoms with Gasteiger partial charge in [0.1, 0.15) is 6.04 Å². The van der Waals surface area contributed by atoms with E-state index in [-0.39, 0.29) is 5.92 Å². The molecule has 84 valence electrons. The van der Waals surface area contributed by atoms with Crippen LogP contribution in [0.25, 0.3) is 0 Å². The van der Waals surface area contributed by atoms with Crippen LogP contribution in [0.15, 0.2) is 11.4 Å². The average molecular weight is 227 g/mol. The van der Waals surface area contributed by atoms with Gasteiger partial charge in [-0.15, -0.1) is 11.3 Å². The number of carboxylic acid groups (broad SMARTS) is 1. The molecule has 1 heterocycles. The second kappa shape index (κ2) is 5.28. The number of aryl methyl sites for hydroxylation is 1. The highest BCUT2D eigenvalue weighted by atomic mass is 32.1. The van der Waals surface area contributed by atoms with Crippen LogP contribution in [0, 0.1) is 12.8 Å². The number of thiophene rings is 1. The van der Waals surface area contributed by atoms with Crippen molar-refractivity contribution in [2.24, 2.45) is 5.92 Å². The zero-order valence-corrected chi connectivity index (χ0v) is 10.1. The molecule has 0 aliphatic carbocycles. The lowest BCUT2D eigenvalue weighted by Crippen LogP contribution is -2.40. The fraction of sp³-hybridized carbons (Fsp3) is 0.545. The molecule has 2 N–H and O–H groups in total. The topological polar surface area (TPSA) is 49.3 Å². The van der Waals surface area contributed by atoms with Gasteiger partial charge in [-0.05, 0) is 29.9 Å². The molecule has 1 atom stereocenters. The van der Waals surface area contributed by atoms with E-state index in [9.17, 15) is 4.79 Å². The molecule has 0 aliphatic heterocycles. The minimum absolute atomic E-state index is 0.0998. The van der Waals surface area contributed by atoms with Crippen molar-refractivity contribution in [1.29, 1.82) is 0 Å². The molecule has 1 aromatic rings. The van der Waals surface area contributed by atoms with Gasteiger partial charge in [0.15, 0.2) is 0 Å². The van der Waals surface area contributed by atoms with Crippen molar-refractivity contribution in [3.63, 3.8) is 0 Å². The molecule has 1 aromatic heterocycles. The van der Waals surface area contributed by atoms with E-state index in [1.165, 1.54) is 10.4 Å². The van der Waals surface area contributed by atoms with Crippen LogP contribution >= 0.6 is 11.3 Å². The third-order valence-corrected chi connectivity index (χ3v) is 3.41. The Labute approximate surface area is 94.1 Å². The van der Waals surface area contributed by atoms with Crippen molar-refractivity contribution in [3.05, 3.63) is 21.9 Å². The fourth-order valence-corrected chi connectivity index (χ4v) is 2.25. The molecular formula is C11H17NO2S. The molecule has 0 saturated carbocycles. The van der Waals surface area contributed by atoms with Gasteiger partial charge in [-0.2, -0.15) is 0 Å². The van der Waals surface area contributed by atoms with Gasteiger partial charge in [0, 0.05) is 11.4 Å². The number of nitrogens with one attached hydrogen (secondary N) is 1. The molecule has 3 nitrogen and oxygen atoms in total. The van der Waals surface area contributed by atoms with Gasteiger partial charge in [-0.1, -0.05) is 13.8 Å². The molecule has 15 heavy (non-hydrogen) atoms. The number of carbonyl (C=O) groups is 1. The van der Waals surface area contributed by atoms with Crippen molar-refractivity contribution in [2.75, 3.05) is 0 Å². The number of aliphatic carboxylic acids is 1. The van der Waals surface area contributed by atoms with E-state index >= 15 is 0 Å². The van der Waals surface area contributed by atoms with Crippen molar-refractivity contribution in [1.82, 2.24) is 5.32 Å². The second-order valence-electron chi connectivity index (χ2n) is 3.97. The minimum Gasteiger partial charge on any atom is -0.480 e. The maximum absolute atomic E-state index is 10.9. The lowest BCUT2D eigenvalue weighted by atomic mass is 10.0. The highest BCUT2D eigenvalue weighted by Crippen LogP contribution is 2.15. The van der Waals surface area contributed by atoms with Crippen molar-refractivity contribution in [3.8, 4) is 0 Å². The third-order valence-electron chi connectivity index (χ3n) is 2.38. The Hall–Kier alpha value is -0.870. The van der Waals surface area contributed by atoms with E-state index in [0.29, 0.717) is 6.54 Å². The van der Waals surface area contributed by atoms with Crippen LogP contribution in [-0.4, -0.2) is 17.1 Å². The Morgan fingerprint density at radius 3 is 2.67 bits per heavy atom. The molecule has 0 aromatic carbocycles. The van der Waals surface area contributed by atoms with E-state index in [2.05, 4.69) is 5.32 Å². The summed E-state index contributed by atoms with van der Waals surface area (Å²) in [5.74, 6) is -0.679. The van der Waals surface area contributed by atoms with Crippen molar-refractivity contribution < 1.29 is 9.90 Å². The summed E-state index contributed by atoms with van der Waals surface area (Å²) < 4.78 is 0. The summed E-state index contributed by atoms with van der Waals surface area (Å²) in [4.78, 5) is 12.1. The Morgan fingerprint density at radius 1 is 1.60 bits per heavy atom. The van der Waals surface area contributed by atoms with Gasteiger partial charge < -0.3 is 5.11 Å². The molecule has 1 rings (SSSR count). The monoisotopic (exact) mass is 227 g/mol. The Bertz CT molecular complexity index is 333. The molecular weight excluding hydrogens is 210 g/mol. The largest absolute Gasteiger partial charge is 0.480 e. The summed E-state index contributed by atoms with van der Waals surface area (Å²) in [7, 11) is 0. The Balaban J connectivity index is 2.55. The summed E-state index contributed by atoms with van der Waals surface area (Å²) in [6.45, 7) is 6.50. The SMILES string of the molecule is Cc1ccsc1CN[C@@H](C(=O)O)C(C)C. The van der Waals surface area contributed by atoms with E-state index in [4.69, 9.17) is 5.11 Å². The van der Waals surface area contributed by atoms with E-state index < -0.39 is 12.0 Å². The molecule has 0 spiro atoms. The van der Waals surface area contributed by atoms with Crippen LogP contribution in [0.4, 0.5) is 0 Å². The standard InChI is InChI=1S/C11H17NO2S/c1-7(2)10(11(13)14)12-6-9-8(3)4-5-15-9/h4-5,7,10,12H,6H2,1-3H3,(H,13,14)/t10-/m1/s1. The van der Waals surface area contributed by atoms with Gasteiger partial charge in [0.05, 0.1) is 0 Å². The molecule has 0 amide bonds. The first-order chi connectivity index (χ1) is 7.02. The van der Waals surface area contributed by atoms with Crippen LogP contribution in [0.1, 0.15) is 24.3 Å². The van der Waals surface area contributed by atoms with Gasteiger partial charge >= 0.3 is 5.97 Å². The third kappa shape index (κ3) is 3.32. The molecule has 4 heteroatoms. The smallest absolute Gasteiger partial charge is 0.320 e. The zero-order chi connectivity index (χ0) is 11.4. The second-order valence-corrected chi connectivity index (χ2v) is 4.97. The number of carboxylic acids is 1. The van der Waals surface area contributed by atoms with Crippen molar-refractivity contribution >= 4 is 17.3 Å². The normalized spacial score (nSPS) is 13.1. The van der Waals surface area contributed by atoms with Gasteiger partial charge in [-0.25, -0.2) is 0 Å². The summed E-state index contributed by atoms with van der Waals surface area (Å²) in [6, 6.07) is 1.58. The maximum Gasteiger partial charge on any atom is 0.320 e. The van der Waals surface area contributed by atoms with Gasteiger partial charge in [0.2, 0.25) is 0 Å². The van der Waals surface area contributed by atoms with Crippen LogP contribution in [-0.2, 0) is 11.3 Å². The summed E-state index contributed by atoms with van der Waals surface area (Å²) >= 11 is 1.66. The lowest BCUT2D eigenvalue weighted by Gasteiger charge is -2.17. The molecule has 0 aliphatic rings. The molecule has 0 unspecified atom stereocenters. The number of rotatable bonds is 5. The van der Waals surface area contributed by atoms with E-state index in [1.807, 2.05) is 32.2 Å². The average Bonchev–Trinajstić information content (AvgIpc) is 2.51. The summed E-state index contributed by atoms with van der Waals surface area (Å²) in [6.07, 6.45) is 0. The highest BCUT2D eigenvalue weighted by Gasteiger charge is 2.20. The first-order valence-electron chi connectivity index (χ1n) is 5.01. The van der Waals surface area contributed by atoms with Crippen LogP contribution < -0.4 is 5.32 Å². The summed E-state index contributed by atoms with van der Waals surface area (Å²) in [5, 5.41) is 14.1. The zero-order valence-electron chi connectivity index (χ0n) is 9.28. The van der Waals surface area contributed by atoms with Crippen LogP contribution in [0.5, 0.6) is 0 Å². The summed E-state index contributed by atoms with van der Waals surface area (Å²) in [5.41, 5.74) is 1.22. The quantitative estimate of drug-likeness (QED) is 0.811. The van der Waals surface area contributed by atoms with Crippen LogP contribution in [0.3, 0.4) is 0 Å². The van der Waals surface area contributed by atoms with E-state index in [0.717, 1.165) is 0 Å². The number of hydrogen-bond donors (Lipinski definition) is 2. The predicted molar refractivity (Wildman–Crippen MR) is 62.2 cm³/mol. The molecule has 0 bridgehead atoms. The van der Waals surface area contributed by atoms with Crippen molar-refractivity contribution in [2.45, 2.75) is 33.4 Å². The van der Waals surface area contributed by atoms with Crippen LogP contribution in [0.2, 0.25) is 0 Å². The van der Waals surface area contributed by atoms with Gasteiger partial charge in [-0.3, -0.25) is 10.1 Å². The highest BCUT2D eigenvalue weighted by molar-refractivity contribution is 7.10.